The Morgan fingerprint density at radius 3 is 1.07 bits per heavy atom. The lowest BCUT2D eigenvalue weighted by Gasteiger charge is -2.06. The zero-order valence-corrected chi connectivity index (χ0v) is 28.9. The Balaban J connectivity index is 1.96. The third-order valence-corrected chi connectivity index (χ3v) is 9.44. The number of rotatable bonds is 33. The van der Waals surface area contributed by atoms with Gasteiger partial charge in [-0.2, -0.15) is 0 Å². The van der Waals surface area contributed by atoms with E-state index in [1.54, 1.807) is 5.82 Å². The van der Waals surface area contributed by atoms with Gasteiger partial charge in [-0.1, -0.05) is 187 Å². The highest BCUT2D eigenvalue weighted by molar-refractivity contribution is 4.84. The second kappa shape index (κ2) is 30.7. The van der Waals surface area contributed by atoms with E-state index in [0.29, 0.717) is 0 Å². The zero-order chi connectivity index (χ0) is 29.5. The fourth-order valence-electron chi connectivity index (χ4n) is 6.58. The van der Waals surface area contributed by atoms with Crippen LogP contribution in [-0.4, -0.2) is 4.57 Å². The van der Waals surface area contributed by atoms with Crippen molar-refractivity contribution < 1.29 is 4.57 Å². The summed E-state index contributed by atoms with van der Waals surface area (Å²) in [7, 11) is 0. The summed E-state index contributed by atoms with van der Waals surface area (Å²) in [6.45, 7) is 9.25. The van der Waals surface area contributed by atoms with E-state index in [1.165, 1.54) is 206 Å². The molecule has 2 nitrogen and oxygen atoms in total. The van der Waals surface area contributed by atoms with E-state index in [0.717, 1.165) is 6.54 Å². The first-order chi connectivity index (χ1) is 20.3. The van der Waals surface area contributed by atoms with Crippen LogP contribution in [0.4, 0.5) is 0 Å². The smallest absolute Gasteiger partial charge is 0.235 e. The van der Waals surface area contributed by atoms with Crippen molar-refractivity contribution in [3.05, 3.63) is 18.2 Å². The minimum absolute atomic E-state index is 1.11. The molecular formula is C39H77N2+. The average Bonchev–Trinajstić information content (AvgIpc) is 3.38. The Labute approximate surface area is 259 Å². The number of hydrogen-bond donors (Lipinski definition) is 0. The molecule has 0 aliphatic heterocycles. The first-order valence-electron chi connectivity index (χ1n) is 19.4. The maximum Gasteiger partial charge on any atom is 0.256 e. The van der Waals surface area contributed by atoms with Crippen molar-refractivity contribution in [3.8, 4) is 0 Å². The minimum atomic E-state index is 1.11. The quantitative estimate of drug-likeness (QED) is 0.0584. The van der Waals surface area contributed by atoms with Gasteiger partial charge in [-0.25, -0.2) is 9.13 Å². The van der Waals surface area contributed by atoms with Gasteiger partial charge < -0.3 is 0 Å². The molecule has 0 atom stereocenters. The highest BCUT2D eigenvalue weighted by atomic mass is 15.1. The van der Waals surface area contributed by atoms with E-state index in [4.69, 9.17) is 0 Å². The molecular weight excluding hydrogens is 496 g/mol. The maximum absolute atomic E-state index is 2.58. The predicted octanol–water partition coefficient (Wildman–Crippen LogP) is 13.1. The van der Waals surface area contributed by atoms with Gasteiger partial charge in [-0.3, -0.25) is 0 Å². The SMILES string of the molecule is CCCCCCCCCCCCCCCCCCn1cc[n+](CC)c1CCCCCCCCCCCCCCCC. The number of unbranched alkanes of at least 4 members (excludes halogenated alkanes) is 28. The molecule has 0 aliphatic rings. The van der Waals surface area contributed by atoms with Crippen molar-refractivity contribution in [3.63, 3.8) is 0 Å². The molecule has 1 aromatic heterocycles. The average molecular weight is 574 g/mol. The molecule has 0 saturated carbocycles. The lowest BCUT2D eigenvalue weighted by atomic mass is 10.0. The highest BCUT2D eigenvalue weighted by Gasteiger charge is 2.15. The Morgan fingerprint density at radius 1 is 0.415 bits per heavy atom. The molecule has 2 heteroatoms. The summed E-state index contributed by atoms with van der Waals surface area (Å²) in [5, 5.41) is 0. The van der Waals surface area contributed by atoms with Crippen LogP contribution in [0, 0.1) is 0 Å². The van der Waals surface area contributed by atoms with Crippen LogP contribution >= 0.6 is 0 Å². The summed E-state index contributed by atoms with van der Waals surface area (Å²) in [4.78, 5) is 0. The molecule has 0 radical (unpaired) electrons. The molecule has 1 heterocycles. The molecule has 0 aliphatic carbocycles. The van der Waals surface area contributed by atoms with Crippen molar-refractivity contribution in [2.45, 2.75) is 233 Å². The largest absolute Gasteiger partial charge is 0.256 e. The Morgan fingerprint density at radius 2 is 0.732 bits per heavy atom. The van der Waals surface area contributed by atoms with Crippen molar-refractivity contribution in [1.82, 2.24) is 4.57 Å². The van der Waals surface area contributed by atoms with Crippen LogP contribution in [0.2, 0.25) is 0 Å². The Hall–Kier alpha value is -0.790. The lowest BCUT2D eigenvalue weighted by molar-refractivity contribution is -0.700. The van der Waals surface area contributed by atoms with Crippen molar-refractivity contribution in [2.24, 2.45) is 0 Å². The fraction of sp³-hybridized carbons (Fsp3) is 0.923. The highest BCUT2D eigenvalue weighted by Crippen LogP contribution is 2.16. The summed E-state index contributed by atoms with van der Waals surface area (Å²) in [6.07, 6.45) is 49.3. The van der Waals surface area contributed by atoms with E-state index >= 15 is 0 Å². The second-order valence-corrected chi connectivity index (χ2v) is 13.3. The summed E-state index contributed by atoms with van der Waals surface area (Å²) < 4.78 is 5.07. The third-order valence-electron chi connectivity index (χ3n) is 9.44. The van der Waals surface area contributed by atoms with Gasteiger partial charge in [0.2, 0.25) is 0 Å². The van der Waals surface area contributed by atoms with Crippen LogP contribution in [0.15, 0.2) is 12.4 Å². The Kier molecular flexibility index (Phi) is 28.6. The monoisotopic (exact) mass is 574 g/mol. The number of nitrogens with zero attached hydrogens (tertiary/aromatic N) is 2. The Bertz CT molecular complexity index is 634. The fourth-order valence-corrected chi connectivity index (χ4v) is 6.58. The normalized spacial score (nSPS) is 11.6. The van der Waals surface area contributed by atoms with E-state index in [1.807, 2.05) is 0 Å². The van der Waals surface area contributed by atoms with Crippen LogP contribution in [0.25, 0.3) is 0 Å². The molecule has 242 valence electrons. The molecule has 1 aromatic rings. The molecule has 1 rings (SSSR count). The van der Waals surface area contributed by atoms with Crippen LogP contribution in [0.1, 0.15) is 219 Å². The van der Waals surface area contributed by atoms with Crippen LogP contribution in [0.5, 0.6) is 0 Å². The summed E-state index contributed by atoms with van der Waals surface area (Å²) in [6, 6.07) is 0. The van der Waals surface area contributed by atoms with Crippen molar-refractivity contribution in [2.75, 3.05) is 0 Å². The van der Waals surface area contributed by atoms with Crippen molar-refractivity contribution in [1.29, 1.82) is 0 Å². The molecule has 41 heavy (non-hydrogen) atoms. The van der Waals surface area contributed by atoms with E-state index in [2.05, 4.69) is 42.3 Å². The van der Waals surface area contributed by atoms with Gasteiger partial charge in [0.25, 0.3) is 5.82 Å². The number of aromatic nitrogens is 2. The molecule has 0 spiro atoms. The summed E-state index contributed by atoms with van der Waals surface area (Å²) in [5.74, 6) is 1.58. The third kappa shape index (κ3) is 23.4. The van der Waals surface area contributed by atoms with E-state index < -0.39 is 0 Å². The van der Waals surface area contributed by atoms with Gasteiger partial charge in [0.1, 0.15) is 12.4 Å². The van der Waals surface area contributed by atoms with Gasteiger partial charge in [-0.05, 0) is 26.2 Å². The number of aryl methyl sites for hydroxylation is 2. The topological polar surface area (TPSA) is 8.81 Å². The van der Waals surface area contributed by atoms with Gasteiger partial charge in [0.05, 0.1) is 13.1 Å². The minimum Gasteiger partial charge on any atom is -0.235 e. The van der Waals surface area contributed by atoms with E-state index in [9.17, 15) is 0 Å². The van der Waals surface area contributed by atoms with Gasteiger partial charge in [0, 0.05) is 6.42 Å². The molecule has 0 saturated heterocycles. The predicted molar refractivity (Wildman–Crippen MR) is 184 cm³/mol. The lowest BCUT2D eigenvalue weighted by Crippen LogP contribution is -2.36. The van der Waals surface area contributed by atoms with E-state index in [-0.39, 0.29) is 0 Å². The number of imidazole rings is 1. The summed E-state index contributed by atoms with van der Waals surface area (Å²) in [5.41, 5.74) is 0. The van der Waals surface area contributed by atoms with Gasteiger partial charge in [0.15, 0.2) is 0 Å². The number of hydrogen-bond acceptors (Lipinski definition) is 0. The van der Waals surface area contributed by atoms with Gasteiger partial charge >= 0.3 is 0 Å². The maximum atomic E-state index is 2.58. The van der Waals surface area contributed by atoms with Crippen LogP contribution in [-0.2, 0) is 19.5 Å². The van der Waals surface area contributed by atoms with Crippen LogP contribution in [0.3, 0.4) is 0 Å². The molecule has 0 fully saturated rings. The molecule has 0 bridgehead atoms. The van der Waals surface area contributed by atoms with Crippen molar-refractivity contribution >= 4 is 0 Å². The summed E-state index contributed by atoms with van der Waals surface area (Å²) >= 11 is 0. The van der Waals surface area contributed by atoms with Gasteiger partial charge in [-0.15, -0.1) is 0 Å². The molecule has 0 amide bonds. The first kappa shape index (κ1) is 38.2. The molecule has 0 N–H and O–H groups in total. The molecule has 0 aromatic carbocycles. The zero-order valence-electron chi connectivity index (χ0n) is 28.9. The first-order valence-corrected chi connectivity index (χ1v) is 19.4. The second-order valence-electron chi connectivity index (χ2n) is 13.3. The van der Waals surface area contributed by atoms with Crippen LogP contribution < -0.4 is 4.57 Å². The standard InChI is InChI=1S/C39H77N2/c1-4-7-9-11-13-15-17-19-21-22-24-26-28-30-32-34-36-41-38-37-40(6-3)39(41)35-33-31-29-27-25-23-20-18-16-14-12-10-8-5-2/h37-38H,4-36H2,1-3H3/q+1. The molecule has 0 unspecified atom stereocenters.